The molecule has 1 heterocycles. The summed E-state index contributed by atoms with van der Waals surface area (Å²) in [6.07, 6.45) is 0.270. The molecular weight excluding hydrogens is 295 g/mol. The van der Waals surface area contributed by atoms with Crippen molar-refractivity contribution in [1.29, 1.82) is 0 Å². The van der Waals surface area contributed by atoms with E-state index in [1.165, 1.54) is 5.56 Å². The molecule has 1 aliphatic rings. The van der Waals surface area contributed by atoms with E-state index >= 15 is 0 Å². The average molecular weight is 319 g/mol. The first kappa shape index (κ1) is 17.7. The van der Waals surface area contributed by atoms with E-state index in [0.717, 1.165) is 32.8 Å². The van der Waals surface area contributed by atoms with Gasteiger partial charge in [0.15, 0.2) is 0 Å². The van der Waals surface area contributed by atoms with Crippen LogP contribution >= 0.6 is 23.2 Å². The molecule has 20 heavy (non-hydrogen) atoms. The monoisotopic (exact) mass is 318 g/mol. The Bertz CT molecular complexity index is 399. The maximum Gasteiger partial charge on any atom is 0.0826 e. The summed E-state index contributed by atoms with van der Waals surface area (Å²) in [4.78, 5) is 2.38. The summed E-state index contributed by atoms with van der Waals surface area (Å²) in [7, 11) is 1.95. The highest BCUT2D eigenvalue weighted by Gasteiger charge is 2.19. The molecule has 0 unspecified atom stereocenters. The lowest BCUT2D eigenvalue weighted by Gasteiger charge is -2.32. The molecule has 0 spiro atoms. The van der Waals surface area contributed by atoms with Crippen LogP contribution in [0.4, 0.5) is 0 Å². The van der Waals surface area contributed by atoms with Crippen molar-refractivity contribution in [3.05, 3.63) is 33.8 Å². The maximum atomic E-state index is 6.02. The number of likely N-dealkylation sites (N-methyl/N-ethyl adjacent to an activating group) is 1. The SMILES string of the molecule is CC.CNC[C@H]1CN(Cc2ccc(Cl)c(Cl)c2)CCO1. The fourth-order valence-electron chi connectivity index (χ4n) is 2.17. The highest BCUT2D eigenvalue weighted by Crippen LogP contribution is 2.23. The molecule has 0 aromatic heterocycles. The van der Waals surface area contributed by atoms with Gasteiger partial charge < -0.3 is 10.1 Å². The highest BCUT2D eigenvalue weighted by atomic mass is 35.5. The lowest BCUT2D eigenvalue weighted by Crippen LogP contribution is -2.45. The molecule has 2 rings (SSSR count). The number of rotatable bonds is 4. The summed E-state index contributed by atoms with van der Waals surface area (Å²) in [5, 5.41) is 4.37. The Labute approximate surface area is 132 Å². The predicted molar refractivity (Wildman–Crippen MR) is 86.8 cm³/mol. The zero-order valence-corrected chi connectivity index (χ0v) is 14.0. The second-order valence-corrected chi connectivity index (χ2v) is 5.35. The quantitative estimate of drug-likeness (QED) is 0.920. The van der Waals surface area contributed by atoms with E-state index in [1.807, 2.05) is 39.1 Å². The summed E-state index contributed by atoms with van der Waals surface area (Å²) >= 11 is 11.9. The van der Waals surface area contributed by atoms with Crippen LogP contribution in [0.25, 0.3) is 0 Å². The number of ether oxygens (including phenoxy) is 1. The van der Waals surface area contributed by atoms with Crippen LogP contribution in [-0.2, 0) is 11.3 Å². The first-order valence-corrected chi connectivity index (χ1v) is 7.87. The van der Waals surface area contributed by atoms with Gasteiger partial charge in [-0.15, -0.1) is 0 Å². The molecule has 1 aliphatic heterocycles. The lowest BCUT2D eigenvalue weighted by atomic mass is 10.2. The molecule has 1 atom stereocenters. The Balaban J connectivity index is 0.000000956. The topological polar surface area (TPSA) is 24.5 Å². The van der Waals surface area contributed by atoms with Crippen LogP contribution in [0.2, 0.25) is 10.0 Å². The first-order chi connectivity index (χ1) is 9.69. The van der Waals surface area contributed by atoms with Gasteiger partial charge in [0.05, 0.1) is 22.8 Å². The smallest absolute Gasteiger partial charge is 0.0826 e. The Morgan fingerprint density at radius 2 is 2.05 bits per heavy atom. The minimum Gasteiger partial charge on any atom is -0.374 e. The van der Waals surface area contributed by atoms with Crippen molar-refractivity contribution in [1.82, 2.24) is 10.2 Å². The van der Waals surface area contributed by atoms with Crippen LogP contribution in [0.15, 0.2) is 18.2 Å². The van der Waals surface area contributed by atoms with E-state index in [1.54, 1.807) is 0 Å². The van der Waals surface area contributed by atoms with E-state index < -0.39 is 0 Å². The van der Waals surface area contributed by atoms with Gasteiger partial charge in [-0.3, -0.25) is 4.90 Å². The summed E-state index contributed by atoms with van der Waals surface area (Å²) in [6, 6.07) is 5.81. The number of nitrogens with one attached hydrogen (secondary N) is 1. The van der Waals surface area contributed by atoms with Crippen molar-refractivity contribution in [2.75, 3.05) is 33.3 Å². The van der Waals surface area contributed by atoms with E-state index in [2.05, 4.69) is 10.2 Å². The second-order valence-electron chi connectivity index (χ2n) is 4.53. The normalized spacial score (nSPS) is 19.4. The van der Waals surface area contributed by atoms with Gasteiger partial charge in [0.25, 0.3) is 0 Å². The molecule has 1 N–H and O–H groups in total. The van der Waals surface area contributed by atoms with Crippen molar-refractivity contribution < 1.29 is 4.74 Å². The second kappa shape index (κ2) is 9.59. The van der Waals surface area contributed by atoms with Crippen LogP contribution in [0, 0.1) is 0 Å². The Morgan fingerprint density at radius 1 is 1.30 bits per heavy atom. The number of hydrogen-bond acceptors (Lipinski definition) is 3. The van der Waals surface area contributed by atoms with Gasteiger partial charge in [-0.25, -0.2) is 0 Å². The number of halogens is 2. The third-order valence-electron chi connectivity index (χ3n) is 3.04. The lowest BCUT2D eigenvalue weighted by molar-refractivity contribution is -0.0291. The van der Waals surface area contributed by atoms with Gasteiger partial charge in [0.1, 0.15) is 0 Å². The number of nitrogens with zero attached hydrogens (tertiary/aromatic N) is 1. The van der Waals surface area contributed by atoms with Gasteiger partial charge in [-0.05, 0) is 24.7 Å². The molecule has 1 fully saturated rings. The minimum atomic E-state index is 0.270. The van der Waals surface area contributed by atoms with Crippen LogP contribution in [-0.4, -0.2) is 44.3 Å². The van der Waals surface area contributed by atoms with E-state index in [9.17, 15) is 0 Å². The zero-order valence-electron chi connectivity index (χ0n) is 12.5. The first-order valence-electron chi connectivity index (χ1n) is 7.11. The zero-order chi connectivity index (χ0) is 15.0. The van der Waals surface area contributed by atoms with E-state index in [4.69, 9.17) is 27.9 Å². The van der Waals surface area contributed by atoms with Gasteiger partial charge >= 0.3 is 0 Å². The van der Waals surface area contributed by atoms with Crippen molar-refractivity contribution in [2.45, 2.75) is 26.5 Å². The molecule has 1 aromatic rings. The maximum absolute atomic E-state index is 6.02. The summed E-state index contributed by atoms with van der Waals surface area (Å²) in [5.41, 5.74) is 1.19. The molecule has 0 aliphatic carbocycles. The summed E-state index contributed by atoms with van der Waals surface area (Å²) in [5.74, 6) is 0. The molecular formula is C15H24Cl2N2O. The minimum absolute atomic E-state index is 0.270. The van der Waals surface area contributed by atoms with Gasteiger partial charge in [-0.2, -0.15) is 0 Å². The standard InChI is InChI=1S/C13H18Cl2N2O.C2H6/c1-16-7-11-9-17(4-5-18-11)8-10-2-3-12(14)13(15)6-10;1-2/h2-3,6,11,16H,4-5,7-9H2,1H3;1-2H3/t11-;/m0./s1. The van der Waals surface area contributed by atoms with Gasteiger partial charge in [0.2, 0.25) is 0 Å². The largest absolute Gasteiger partial charge is 0.374 e. The van der Waals surface area contributed by atoms with Crippen molar-refractivity contribution in [3.63, 3.8) is 0 Å². The Morgan fingerprint density at radius 3 is 2.70 bits per heavy atom. The molecule has 0 bridgehead atoms. The number of benzene rings is 1. The third-order valence-corrected chi connectivity index (χ3v) is 3.78. The third kappa shape index (κ3) is 5.58. The summed E-state index contributed by atoms with van der Waals surface area (Å²) < 4.78 is 5.68. The molecule has 1 saturated heterocycles. The molecule has 3 nitrogen and oxygen atoms in total. The highest BCUT2D eigenvalue weighted by molar-refractivity contribution is 6.42. The average Bonchev–Trinajstić information content (AvgIpc) is 2.46. The Hall–Kier alpha value is -0.320. The van der Waals surface area contributed by atoms with Crippen molar-refractivity contribution >= 4 is 23.2 Å². The molecule has 0 saturated carbocycles. The van der Waals surface area contributed by atoms with Crippen molar-refractivity contribution in [3.8, 4) is 0 Å². The fourth-order valence-corrected chi connectivity index (χ4v) is 2.49. The van der Waals surface area contributed by atoms with Gasteiger partial charge in [0, 0.05) is 26.2 Å². The van der Waals surface area contributed by atoms with Crippen LogP contribution < -0.4 is 5.32 Å². The molecule has 5 heteroatoms. The molecule has 0 amide bonds. The van der Waals surface area contributed by atoms with Crippen molar-refractivity contribution in [2.24, 2.45) is 0 Å². The van der Waals surface area contributed by atoms with Crippen LogP contribution in [0.1, 0.15) is 19.4 Å². The Kier molecular flexibility index (Phi) is 8.50. The van der Waals surface area contributed by atoms with Gasteiger partial charge in [-0.1, -0.05) is 43.1 Å². The molecule has 1 aromatic carbocycles. The fraction of sp³-hybridized carbons (Fsp3) is 0.600. The molecule has 0 radical (unpaired) electrons. The van der Waals surface area contributed by atoms with Crippen LogP contribution in [0.3, 0.4) is 0 Å². The number of hydrogen-bond donors (Lipinski definition) is 1. The number of morpholine rings is 1. The van der Waals surface area contributed by atoms with E-state index in [0.29, 0.717) is 10.0 Å². The van der Waals surface area contributed by atoms with Crippen LogP contribution in [0.5, 0.6) is 0 Å². The van der Waals surface area contributed by atoms with E-state index in [-0.39, 0.29) is 6.10 Å². The predicted octanol–water partition coefficient (Wildman–Crippen LogP) is 3.44. The summed E-state index contributed by atoms with van der Waals surface area (Å²) in [6.45, 7) is 8.47. The molecule has 114 valence electrons.